The van der Waals surface area contributed by atoms with Gasteiger partial charge in [-0.2, -0.15) is 20.5 Å². The Labute approximate surface area is 294 Å². The third-order valence-corrected chi connectivity index (χ3v) is 7.60. The number of hydrogen-bond donors (Lipinski definition) is 6. The van der Waals surface area contributed by atoms with Gasteiger partial charge in [0.1, 0.15) is 11.4 Å². The van der Waals surface area contributed by atoms with Crippen LogP contribution in [0.25, 0.3) is 0 Å². The molecule has 0 fully saturated rings. The topological polar surface area (TPSA) is 291 Å². The predicted molar refractivity (Wildman–Crippen MR) is 181 cm³/mol. The van der Waals surface area contributed by atoms with Crippen LogP contribution >= 0.6 is 0 Å². The molecule has 270 valence electrons. The molecule has 3 aromatic carbocycles. The summed E-state index contributed by atoms with van der Waals surface area (Å²) in [6.07, 6.45) is 0. The van der Waals surface area contributed by atoms with Crippen molar-refractivity contribution in [2.45, 2.75) is 53.6 Å². The van der Waals surface area contributed by atoms with Gasteiger partial charge in [-0.05, 0) is 100 Å². The van der Waals surface area contributed by atoms with Crippen LogP contribution in [-0.4, -0.2) is 79.8 Å². The predicted octanol–water partition coefficient (Wildman–Crippen LogP) is 5.07. The van der Waals surface area contributed by atoms with Gasteiger partial charge < -0.3 is 31.1 Å². The number of aromatic carboxylic acids is 4. The minimum Gasteiger partial charge on any atom is -0.478 e. The molecule has 18 nitrogen and oxygen atoms in total. The van der Waals surface area contributed by atoms with Crippen molar-refractivity contribution in [1.29, 1.82) is 0 Å². The number of benzene rings is 3. The maximum Gasteiger partial charge on any atom is 0.337 e. The Bertz CT molecular complexity index is 1960. The number of azo groups is 2. The van der Waals surface area contributed by atoms with Crippen molar-refractivity contribution in [1.82, 2.24) is 0 Å². The highest BCUT2D eigenvalue weighted by atomic mass is 16.4. The van der Waals surface area contributed by atoms with Crippen LogP contribution in [0, 0.1) is 27.7 Å². The quantitative estimate of drug-likeness (QED) is 0.0941. The van der Waals surface area contributed by atoms with E-state index < -0.39 is 59.3 Å². The highest BCUT2D eigenvalue weighted by molar-refractivity contribution is 6.11. The lowest BCUT2D eigenvalue weighted by atomic mass is 9.97. The summed E-state index contributed by atoms with van der Waals surface area (Å²) in [6.45, 7) is 7.54. The monoisotopic (exact) mass is 716 g/mol. The van der Waals surface area contributed by atoms with Crippen molar-refractivity contribution in [3.63, 3.8) is 0 Å². The number of aryl methyl sites for hydroxylation is 2. The number of nitrogens with zero attached hydrogens (tertiary/aromatic N) is 4. The van der Waals surface area contributed by atoms with Crippen LogP contribution in [0.2, 0.25) is 0 Å². The van der Waals surface area contributed by atoms with Gasteiger partial charge in [-0.15, -0.1) is 0 Å². The van der Waals surface area contributed by atoms with Gasteiger partial charge >= 0.3 is 23.9 Å². The third kappa shape index (κ3) is 8.78. The average molecular weight is 717 g/mol. The molecule has 18 heteroatoms. The van der Waals surface area contributed by atoms with Crippen molar-refractivity contribution in [2.75, 3.05) is 10.6 Å². The molecule has 0 aliphatic carbocycles. The molecule has 0 aliphatic rings. The molecule has 0 heterocycles. The van der Waals surface area contributed by atoms with Gasteiger partial charge in [0, 0.05) is 11.4 Å². The Morgan fingerprint density at radius 1 is 0.538 bits per heavy atom. The summed E-state index contributed by atoms with van der Waals surface area (Å²) < 4.78 is 0. The zero-order chi connectivity index (χ0) is 39.2. The molecule has 0 radical (unpaired) electrons. The number of nitrogens with one attached hydrogen (secondary N) is 2. The normalized spacial score (nSPS) is 12.3. The molecular weight excluding hydrogens is 684 g/mol. The lowest BCUT2D eigenvalue weighted by Gasteiger charge is -2.14. The molecule has 3 rings (SSSR count). The van der Waals surface area contributed by atoms with Crippen LogP contribution in [0.15, 0.2) is 56.9 Å². The number of anilines is 2. The number of carboxylic acids is 4. The van der Waals surface area contributed by atoms with E-state index in [1.54, 1.807) is 0 Å². The second-order valence-corrected chi connectivity index (χ2v) is 11.4. The SMILES string of the molecule is CC(=O)C(N=Nc1c(C(=O)O)cc(C)c(C(=O)O)c1C)C(=O)Nc1ccc(NC(=O)C(N=Nc2c(C(=O)O)cc(C)c(C(=O)O)c2C)C(C)=O)cc1. The summed E-state index contributed by atoms with van der Waals surface area (Å²) in [4.78, 5) is 97.7. The summed E-state index contributed by atoms with van der Waals surface area (Å²) in [5, 5.41) is 58.3. The number of ketones is 2. The minimum absolute atomic E-state index is 0.0370. The molecule has 0 aromatic heterocycles. The Morgan fingerprint density at radius 3 is 1.10 bits per heavy atom. The highest BCUT2D eigenvalue weighted by Crippen LogP contribution is 2.32. The Hall–Kier alpha value is -6.98. The van der Waals surface area contributed by atoms with Crippen LogP contribution < -0.4 is 10.6 Å². The summed E-state index contributed by atoms with van der Waals surface area (Å²) >= 11 is 0. The Kier molecular flexibility index (Phi) is 12.3. The van der Waals surface area contributed by atoms with Crippen LogP contribution in [0.3, 0.4) is 0 Å². The highest BCUT2D eigenvalue weighted by Gasteiger charge is 2.28. The third-order valence-electron chi connectivity index (χ3n) is 7.60. The molecule has 2 amide bonds. The molecule has 0 aliphatic heterocycles. The molecule has 0 bridgehead atoms. The van der Waals surface area contributed by atoms with E-state index in [4.69, 9.17) is 0 Å². The van der Waals surface area contributed by atoms with Crippen LogP contribution in [0.1, 0.15) is 77.5 Å². The Balaban J connectivity index is 1.82. The standard InChI is InChI=1S/C34H32N6O12/c1-13-11-21(31(45)46)25(15(3)23(13)33(49)50)37-39-27(17(5)41)29(43)35-19-7-9-20(10-8-19)36-30(44)28(18(6)42)40-38-26-16(4)24(34(51)52)14(2)12-22(26)32(47)48/h7-12,27-28H,1-6H3,(H,35,43)(H,36,44)(H,45,46)(H,47,48)(H,49,50)(H,51,52). The van der Waals surface area contributed by atoms with Crippen molar-refractivity contribution in [3.05, 3.63) is 80.9 Å². The van der Waals surface area contributed by atoms with Crippen LogP contribution in [0.5, 0.6) is 0 Å². The van der Waals surface area contributed by atoms with E-state index in [1.807, 2.05) is 0 Å². The van der Waals surface area contributed by atoms with E-state index in [0.717, 1.165) is 26.0 Å². The molecule has 2 unspecified atom stereocenters. The number of carboxylic acid groups (broad SMARTS) is 4. The van der Waals surface area contributed by atoms with Crippen molar-refractivity contribution < 1.29 is 58.8 Å². The summed E-state index contributed by atoms with van der Waals surface area (Å²) in [7, 11) is 0. The van der Waals surface area contributed by atoms with Gasteiger partial charge in [0.05, 0.1) is 22.3 Å². The van der Waals surface area contributed by atoms with Gasteiger partial charge in [0.2, 0.25) is 12.1 Å². The van der Waals surface area contributed by atoms with Crippen molar-refractivity contribution >= 4 is 70.0 Å². The van der Waals surface area contributed by atoms with E-state index in [9.17, 15) is 58.8 Å². The second kappa shape index (κ2) is 16.2. The van der Waals surface area contributed by atoms with E-state index in [-0.39, 0.29) is 67.3 Å². The fourth-order valence-corrected chi connectivity index (χ4v) is 5.11. The molecule has 0 spiro atoms. The smallest absolute Gasteiger partial charge is 0.337 e. The number of rotatable bonds is 14. The van der Waals surface area contributed by atoms with E-state index in [1.165, 1.54) is 52.0 Å². The van der Waals surface area contributed by atoms with Crippen LogP contribution in [-0.2, 0) is 19.2 Å². The number of Topliss-reactive ketones (excluding diaryl/α,β-unsaturated/α-hetero) is 2. The first-order valence-electron chi connectivity index (χ1n) is 15.0. The molecule has 3 aromatic rings. The fraction of sp³-hybridized carbons (Fsp3) is 0.235. The van der Waals surface area contributed by atoms with Gasteiger partial charge in [0.25, 0.3) is 11.8 Å². The first-order chi connectivity index (χ1) is 24.3. The number of amides is 2. The average Bonchev–Trinajstić information content (AvgIpc) is 3.02. The van der Waals surface area contributed by atoms with E-state index >= 15 is 0 Å². The maximum absolute atomic E-state index is 13.0. The van der Waals surface area contributed by atoms with Crippen LogP contribution in [0.4, 0.5) is 22.7 Å². The van der Waals surface area contributed by atoms with Gasteiger partial charge in [0.15, 0.2) is 11.6 Å². The molecule has 0 saturated heterocycles. The van der Waals surface area contributed by atoms with Crippen molar-refractivity contribution in [2.24, 2.45) is 20.5 Å². The zero-order valence-electron chi connectivity index (χ0n) is 28.5. The summed E-state index contributed by atoms with van der Waals surface area (Å²) in [5.41, 5.74) is -1.43. The molecular formula is C34H32N6O12. The number of hydrogen-bond acceptors (Lipinski definition) is 12. The van der Waals surface area contributed by atoms with Gasteiger partial charge in [-0.25, -0.2) is 19.2 Å². The first kappa shape index (κ1) is 39.5. The van der Waals surface area contributed by atoms with Crippen molar-refractivity contribution in [3.8, 4) is 0 Å². The lowest BCUT2D eigenvalue weighted by molar-refractivity contribution is -0.127. The van der Waals surface area contributed by atoms with E-state index in [0.29, 0.717) is 0 Å². The minimum atomic E-state index is -1.76. The lowest BCUT2D eigenvalue weighted by Crippen LogP contribution is -2.32. The largest absolute Gasteiger partial charge is 0.478 e. The van der Waals surface area contributed by atoms with E-state index in [2.05, 4.69) is 31.1 Å². The molecule has 0 saturated carbocycles. The van der Waals surface area contributed by atoms with Gasteiger partial charge in [-0.1, -0.05) is 0 Å². The fourth-order valence-electron chi connectivity index (χ4n) is 5.11. The van der Waals surface area contributed by atoms with Gasteiger partial charge in [-0.3, -0.25) is 19.2 Å². The summed E-state index contributed by atoms with van der Waals surface area (Å²) in [5.74, 6) is -9.04. The summed E-state index contributed by atoms with van der Waals surface area (Å²) in [6, 6.07) is 3.94. The number of carbonyl (C=O) groups is 8. The first-order valence-corrected chi connectivity index (χ1v) is 15.0. The Morgan fingerprint density at radius 2 is 0.846 bits per heavy atom. The molecule has 6 N–H and O–H groups in total. The maximum atomic E-state index is 13.0. The molecule has 52 heavy (non-hydrogen) atoms. The zero-order valence-corrected chi connectivity index (χ0v) is 28.5. The second-order valence-electron chi connectivity index (χ2n) is 11.4. The molecule has 2 atom stereocenters. The number of carbonyl (C=O) groups excluding carboxylic acids is 4.